The Labute approximate surface area is 97.7 Å². The van der Waals surface area contributed by atoms with Crippen molar-refractivity contribution in [2.75, 3.05) is 6.54 Å². The Kier molecular flexibility index (Phi) is 5.05. The number of ether oxygens (including phenoxy) is 1. The van der Waals surface area contributed by atoms with E-state index >= 15 is 0 Å². The van der Waals surface area contributed by atoms with Gasteiger partial charge in [0, 0.05) is 4.47 Å². The Morgan fingerprint density at radius 2 is 2.27 bits per heavy atom. The van der Waals surface area contributed by atoms with Gasteiger partial charge in [-0.15, -0.1) is 0 Å². The van der Waals surface area contributed by atoms with Gasteiger partial charge in [-0.05, 0) is 44.5 Å². The summed E-state index contributed by atoms with van der Waals surface area (Å²) in [6, 6.07) is 4.66. The lowest BCUT2D eigenvalue weighted by molar-refractivity contribution is 0.199. The van der Waals surface area contributed by atoms with E-state index in [0.717, 1.165) is 17.3 Å². The molecule has 0 aliphatic heterocycles. The fourth-order valence-electron chi connectivity index (χ4n) is 1.25. The topological polar surface area (TPSA) is 35.2 Å². The fraction of sp³-hybridized carbons (Fsp3) is 0.455. The molecule has 1 aromatic rings. The van der Waals surface area contributed by atoms with E-state index < -0.39 is 0 Å². The highest BCUT2D eigenvalue weighted by molar-refractivity contribution is 9.10. The monoisotopic (exact) mass is 275 g/mol. The molecule has 4 heteroatoms. The van der Waals surface area contributed by atoms with E-state index in [0.29, 0.717) is 6.54 Å². The fourth-order valence-corrected chi connectivity index (χ4v) is 1.59. The smallest absolute Gasteiger partial charge is 0.165 e. The maximum Gasteiger partial charge on any atom is 0.165 e. The lowest BCUT2D eigenvalue weighted by Crippen LogP contribution is -2.14. The molecule has 0 radical (unpaired) electrons. The Balaban J connectivity index is 2.59. The van der Waals surface area contributed by atoms with Gasteiger partial charge in [0.15, 0.2) is 11.6 Å². The van der Waals surface area contributed by atoms with Crippen LogP contribution in [0.2, 0.25) is 0 Å². The molecule has 0 saturated heterocycles. The number of nitrogens with two attached hydrogens (primary N) is 1. The van der Waals surface area contributed by atoms with Gasteiger partial charge in [-0.1, -0.05) is 15.9 Å². The number of rotatable bonds is 5. The van der Waals surface area contributed by atoms with Crippen molar-refractivity contribution < 1.29 is 9.13 Å². The van der Waals surface area contributed by atoms with Crippen molar-refractivity contribution in [1.82, 2.24) is 0 Å². The number of hydrogen-bond donors (Lipinski definition) is 1. The van der Waals surface area contributed by atoms with Gasteiger partial charge in [0.2, 0.25) is 0 Å². The minimum Gasteiger partial charge on any atom is -0.488 e. The summed E-state index contributed by atoms with van der Waals surface area (Å²) in [4.78, 5) is 0. The second-order valence-corrected chi connectivity index (χ2v) is 4.35. The molecule has 0 spiro atoms. The van der Waals surface area contributed by atoms with Gasteiger partial charge in [-0.25, -0.2) is 4.39 Å². The predicted molar refractivity (Wildman–Crippen MR) is 62.5 cm³/mol. The lowest BCUT2D eigenvalue weighted by atomic mass is 10.2. The van der Waals surface area contributed by atoms with E-state index in [1.54, 1.807) is 12.1 Å². The maximum atomic E-state index is 13.3. The van der Waals surface area contributed by atoms with Gasteiger partial charge in [0.25, 0.3) is 0 Å². The average molecular weight is 276 g/mol. The van der Waals surface area contributed by atoms with Gasteiger partial charge in [0.1, 0.15) is 0 Å². The van der Waals surface area contributed by atoms with Crippen LogP contribution in [0.3, 0.4) is 0 Å². The van der Waals surface area contributed by atoms with Gasteiger partial charge < -0.3 is 10.5 Å². The Morgan fingerprint density at radius 3 is 2.93 bits per heavy atom. The summed E-state index contributed by atoms with van der Waals surface area (Å²) in [5.41, 5.74) is 5.39. The molecule has 1 rings (SSSR count). The van der Waals surface area contributed by atoms with Crippen LogP contribution in [0.25, 0.3) is 0 Å². The SMILES string of the molecule is CC(CCCN)Oc1cc(Br)ccc1F. The van der Waals surface area contributed by atoms with Crippen molar-refractivity contribution in [1.29, 1.82) is 0 Å². The standard InChI is InChI=1S/C11H15BrFNO/c1-8(3-2-6-14)15-11-7-9(12)4-5-10(11)13/h4-5,7-8H,2-3,6,14H2,1H3. The summed E-state index contributed by atoms with van der Waals surface area (Å²) in [7, 11) is 0. The van der Waals surface area contributed by atoms with Crippen molar-refractivity contribution >= 4 is 15.9 Å². The molecule has 0 aliphatic rings. The van der Waals surface area contributed by atoms with E-state index in [9.17, 15) is 4.39 Å². The van der Waals surface area contributed by atoms with Crippen molar-refractivity contribution in [3.05, 3.63) is 28.5 Å². The van der Waals surface area contributed by atoms with Crippen molar-refractivity contribution in [3.8, 4) is 5.75 Å². The average Bonchev–Trinajstić information content (AvgIpc) is 2.20. The molecule has 1 aromatic carbocycles. The first-order valence-electron chi connectivity index (χ1n) is 4.95. The molecule has 0 saturated carbocycles. The van der Waals surface area contributed by atoms with Crippen LogP contribution >= 0.6 is 15.9 Å². The molecule has 2 nitrogen and oxygen atoms in total. The second kappa shape index (κ2) is 6.08. The lowest BCUT2D eigenvalue weighted by Gasteiger charge is -2.14. The minimum absolute atomic E-state index is 0.0163. The van der Waals surface area contributed by atoms with Crippen LogP contribution in [0.15, 0.2) is 22.7 Å². The van der Waals surface area contributed by atoms with Crippen LogP contribution in [0.5, 0.6) is 5.75 Å². The summed E-state index contributed by atoms with van der Waals surface area (Å²) in [6.07, 6.45) is 1.71. The van der Waals surface area contributed by atoms with Crippen LogP contribution in [-0.4, -0.2) is 12.6 Å². The van der Waals surface area contributed by atoms with Gasteiger partial charge in [-0.3, -0.25) is 0 Å². The van der Waals surface area contributed by atoms with E-state index in [4.69, 9.17) is 10.5 Å². The highest BCUT2D eigenvalue weighted by Gasteiger charge is 2.08. The number of benzene rings is 1. The third-order valence-electron chi connectivity index (χ3n) is 2.04. The first-order chi connectivity index (χ1) is 7.13. The zero-order valence-electron chi connectivity index (χ0n) is 8.67. The molecular formula is C11H15BrFNO. The molecular weight excluding hydrogens is 261 g/mol. The molecule has 0 aliphatic carbocycles. The van der Waals surface area contributed by atoms with Gasteiger partial charge in [-0.2, -0.15) is 0 Å². The molecule has 0 amide bonds. The summed E-state index contributed by atoms with van der Waals surface area (Å²) < 4.78 is 19.6. The highest BCUT2D eigenvalue weighted by atomic mass is 79.9. The summed E-state index contributed by atoms with van der Waals surface area (Å²) in [5.74, 6) is -0.0494. The highest BCUT2D eigenvalue weighted by Crippen LogP contribution is 2.23. The number of hydrogen-bond acceptors (Lipinski definition) is 2. The number of halogens is 2. The van der Waals surface area contributed by atoms with Crippen LogP contribution < -0.4 is 10.5 Å². The van der Waals surface area contributed by atoms with E-state index in [1.807, 2.05) is 6.92 Å². The molecule has 0 fully saturated rings. The van der Waals surface area contributed by atoms with Crippen molar-refractivity contribution in [2.45, 2.75) is 25.9 Å². The molecule has 0 heterocycles. The zero-order valence-corrected chi connectivity index (χ0v) is 10.3. The quantitative estimate of drug-likeness (QED) is 0.896. The van der Waals surface area contributed by atoms with Crippen LogP contribution in [0.4, 0.5) is 4.39 Å². The third-order valence-corrected chi connectivity index (χ3v) is 2.53. The van der Waals surface area contributed by atoms with Crippen LogP contribution in [0.1, 0.15) is 19.8 Å². The predicted octanol–water partition coefficient (Wildman–Crippen LogP) is 3.09. The molecule has 15 heavy (non-hydrogen) atoms. The van der Waals surface area contributed by atoms with Gasteiger partial charge >= 0.3 is 0 Å². The molecule has 0 bridgehead atoms. The summed E-state index contributed by atoms with van der Waals surface area (Å²) in [6.45, 7) is 2.55. The minimum atomic E-state index is -0.335. The van der Waals surface area contributed by atoms with Crippen molar-refractivity contribution in [3.63, 3.8) is 0 Å². The molecule has 0 aromatic heterocycles. The van der Waals surface area contributed by atoms with E-state index in [1.165, 1.54) is 6.07 Å². The first kappa shape index (κ1) is 12.5. The molecule has 2 N–H and O–H groups in total. The molecule has 1 atom stereocenters. The second-order valence-electron chi connectivity index (χ2n) is 3.43. The Morgan fingerprint density at radius 1 is 1.53 bits per heavy atom. The van der Waals surface area contributed by atoms with E-state index in [2.05, 4.69) is 15.9 Å². The normalized spacial score (nSPS) is 12.5. The van der Waals surface area contributed by atoms with Crippen LogP contribution in [-0.2, 0) is 0 Å². The first-order valence-corrected chi connectivity index (χ1v) is 5.74. The molecule has 84 valence electrons. The third kappa shape index (κ3) is 4.18. The molecule has 1 unspecified atom stereocenters. The Bertz CT molecular complexity index is 319. The van der Waals surface area contributed by atoms with Crippen LogP contribution in [0, 0.1) is 5.82 Å². The van der Waals surface area contributed by atoms with E-state index in [-0.39, 0.29) is 17.7 Å². The van der Waals surface area contributed by atoms with Gasteiger partial charge in [0.05, 0.1) is 6.10 Å². The Hall–Kier alpha value is -0.610. The maximum absolute atomic E-state index is 13.3. The zero-order chi connectivity index (χ0) is 11.3. The summed E-state index contributed by atoms with van der Waals surface area (Å²) in [5, 5.41) is 0. The summed E-state index contributed by atoms with van der Waals surface area (Å²) >= 11 is 3.27. The largest absolute Gasteiger partial charge is 0.488 e. The van der Waals surface area contributed by atoms with Crippen molar-refractivity contribution in [2.24, 2.45) is 5.73 Å².